The Labute approximate surface area is 134 Å². The maximum Gasteiger partial charge on any atom is 0.340 e. The summed E-state index contributed by atoms with van der Waals surface area (Å²) in [6.07, 6.45) is 0.0388. The summed E-state index contributed by atoms with van der Waals surface area (Å²) in [5, 5.41) is 5.25. The predicted octanol–water partition coefficient (Wildman–Crippen LogP) is -0.684. The first-order valence-electron chi connectivity index (χ1n) is 6.35. The van der Waals surface area contributed by atoms with Crippen LogP contribution in [-0.2, 0) is 14.8 Å². The summed E-state index contributed by atoms with van der Waals surface area (Å²) in [6.45, 7) is -0.305. The summed E-state index contributed by atoms with van der Waals surface area (Å²) in [6, 6.07) is -0.825. The summed E-state index contributed by atoms with van der Waals surface area (Å²) in [7, 11) is -0.493. The van der Waals surface area contributed by atoms with E-state index >= 15 is 0 Å². The Kier molecular flexibility index (Phi) is 9.61. The topological polar surface area (TPSA) is 128 Å². The van der Waals surface area contributed by atoms with Gasteiger partial charge in [-0.2, -0.15) is 5.01 Å². The SMILES string of the molecule is CN(C)C(=O)CCNS(=O)(=O)CCNC(=O)N(CCCl)N=O. The van der Waals surface area contributed by atoms with E-state index in [0.717, 1.165) is 0 Å². The number of nitrogens with zero attached hydrogens (tertiary/aromatic N) is 3. The normalized spacial score (nSPS) is 10.9. The van der Waals surface area contributed by atoms with Crippen LogP contribution in [0.1, 0.15) is 6.42 Å². The third-order valence-electron chi connectivity index (χ3n) is 2.44. The molecular weight excluding hydrogens is 338 g/mol. The van der Waals surface area contributed by atoms with E-state index in [4.69, 9.17) is 11.6 Å². The van der Waals surface area contributed by atoms with Crippen molar-refractivity contribution in [2.75, 3.05) is 45.4 Å². The van der Waals surface area contributed by atoms with Crippen molar-refractivity contribution in [3.63, 3.8) is 0 Å². The van der Waals surface area contributed by atoms with Gasteiger partial charge in [-0.15, -0.1) is 16.5 Å². The molecule has 0 spiro atoms. The number of amides is 3. The van der Waals surface area contributed by atoms with Gasteiger partial charge in [0.05, 0.1) is 17.6 Å². The van der Waals surface area contributed by atoms with Crippen molar-refractivity contribution < 1.29 is 18.0 Å². The number of hydrogen-bond donors (Lipinski definition) is 2. The average molecular weight is 358 g/mol. The smallest absolute Gasteiger partial charge is 0.340 e. The summed E-state index contributed by atoms with van der Waals surface area (Å²) in [4.78, 5) is 34.4. The number of sulfonamides is 1. The number of urea groups is 1. The summed E-state index contributed by atoms with van der Waals surface area (Å²) < 4.78 is 25.5. The van der Waals surface area contributed by atoms with E-state index in [1.807, 2.05) is 0 Å². The number of carbonyl (C=O) groups excluding carboxylic acids is 2. The first kappa shape index (κ1) is 20.5. The lowest BCUT2D eigenvalue weighted by atomic mass is 10.4. The second-order valence-corrected chi connectivity index (χ2v) is 6.68. The molecule has 0 atom stereocenters. The number of alkyl halides is 1. The zero-order valence-electron chi connectivity index (χ0n) is 12.4. The van der Waals surface area contributed by atoms with Gasteiger partial charge in [0.1, 0.15) is 0 Å². The van der Waals surface area contributed by atoms with E-state index < -0.39 is 16.1 Å². The molecule has 0 saturated heterocycles. The highest BCUT2D eigenvalue weighted by Gasteiger charge is 2.15. The molecule has 0 heterocycles. The van der Waals surface area contributed by atoms with Crippen molar-refractivity contribution in [1.29, 1.82) is 0 Å². The van der Waals surface area contributed by atoms with Gasteiger partial charge in [0.2, 0.25) is 15.9 Å². The highest BCUT2D eigenvalue weighted by molar-refractivity contribution is 7.89. The standard InChI is InChI=1S/C10H20ClN5O5S/c1-15(2)9(17)3-5-13-22(20,21)8-6-12-10(18)16(14-19)7-4-11/h13H,3-8H2,1-2H3,(H,12,18). The third-order valence-corrected chi connectivity index (χ3v) is 3.99. The van der Waals surface area contributed by atoms with Crippen LogP contribution in [0.5, 0.6) is 0 Å². The molecule has 0 bridgehead atoms. The van der Waals surface area contributed by atoms with Crippen LogP contribution in [0.15, 0.2) is 5.29 Å². The van der Waals surface area contributed by atoms with Gasteiger partial charge in [0.15, 0.2) is 0 Å². The predicted molar refractivity (Wildman–Crippen MR) is 81.7 cm³/mol. The lowest BCUT2D eigenvalue weighted by Crippen LogP contribution is -2.41. The van der Waals surface area contributed by atoms with Crippen molar-refractivity contribution in [2.24, 2.45) is 5.29 Å². The summed E-state index contributed by atoms with van der Waals surface area (Å²) in [5.41, 5.74) is 0. The number of carbonyl (C=O) groups is 2. The quantitative estimate of drug-likeness (QED) is 0.304. The molecule has 0 aliphatic heterocycles. The molecule has 0 unspecified atom stereocenters. The molecule has 22 heavy (non-hydrogen) atoms. The Morgan fingerprint density at radius 2 is 1.86 bits per heavy atom. The molecule has 128 valence electrons. The van der Waals surface area contributed by atoms with E-state index in [1.165, 1.54) is 4.90 Å². The zero-order chi connectivity index (χ0) is 17.2. The molecule has 0 aliphatic rings. The molecule has 0 aliphatic carbocycles. The fraction of sp³-hybridized carbons (Fsp3) is 0.800. The molecule has 12 heteroatoms. The van der Waals surface area contributed by atoms with Crippen LogP contribution in [0.3, 0.4) is 0 Å². The number of hydrogen-bond acceptors (Lipinski definition) is 6. The summed E-state index contributed by atoms with van der Waals surface area (Å²) >= 11 is 5.37. The minimum atomic E-state index is -3.63. The molecule has 0 aromatic heterocycles. The van der Waals surface area contributed by atoms with E-state index in [1.54, 1.807) is 14.1 Å². The van der Waals surface area contributed by atoms with Crippen molar-refractivity contribution >= 4 is 33.6 Å². The van der Waals surface area contributed by atoms with E-state index in [0.29, 0.717) is 5.01 Å². The van der Waals surface area contributed by atoms with Gasteiger partial charge in [-0.05, 0) is 0 Å². The number of halogens is 1. The maximum absolute atomic E-state index is 11.6. The molecule has 0 aromatic rings. The second-order valence-electron chi connectivity index (χ2n) is 4.38. The van der Waals surface area contributed by atoms with Crippen LogP contribution < -0.4 is 10.0 Å². The molecule has 0 rings (SSSR count). The van der Waals surface area contributed by atoms with Gasteiger partial charge in [-0.25, -0.2) is 17.9 Å². The Morgan fingerprint density at radius 1 is 1.23 bits per heavy atom. The van der Waals surface area contributed by atoms with E-state index in [-0.39, 0.29) is 43.6 Å². The zero-order valence-corrected chi connectivity index (χ0v) is 14.0. The molecule has 10 nitrogen and oxygen atoms in total. The fourth-order valence-electron chi connectivity index (χ4n) is 1.25. The lowest BCUT2D eigenvalue weighted by molar-refractivity contribution is -0.128. The van der Waals surface area contributed by atoms with Crippen LogP contribution in [0.4, 0.5) is 4.79 Å². The van der Waals surface area contributed by atoms with Crippen LogP contribution in [0, 0.1) is 4.91 Å². The molecule has 0 saturated carbocycles. The van der Waals surface area contributed by atoms with Gasteiger partial charge >= 0.3 is 6.03 Å². The molecular formula is C10H20ClN5O5S. The van der Waals surface area contributed by atoms with Gasteiger partial charge in [-0.3, -0.25) is 4.79 Å². The van der Waals surface area contributed by atoms with E-state index in [9.17, 15) is 22.9 Å². The third kappa shape index (κ3) is 8.74. The molecule has 3 amide bonds. The van der Waals surface area contributed by atoms with Gasteiger partial charge < -0.3 is 10.2 Å². The lowest BCUT2D eigenvalue weighted by Gasteiger charge is -2.13. The highest BCUT2D eigenvalue weighted by atomic mass is 35.5. The van der Waals surface area contributed by atoms with Crippen molar-refractivity contribution in [3.8, 4) is 0 Å². The Morgan fingerprint density at radius 3 is 2.36 bits per heavy atom. The van der Waals surface area contributed by atoms with Crippen LogP contribution in [0.2, 0.25) is 0 Å². The largest absolute Gasteiger partial charge is 0.349 e. The fourth-order valence-corrected chi connectivity index (χ4v) is 2.34. The van der Waals surface area contributed by atoms with Crippen LogP contribution >= 0.6 is 11.6 Å². The molecule has 0 fully saturated rings. The molecule has 0 aromatic carbocycles. The first-order valence-corrected chi connectivity index (χ1v) is 8.54. The Hall–Kier alpha value is -1.46. The molecule has 2 N–H and O–H groups in total. The van der Waals surface area contributed by atoms with Gasteiger partial charge in [0.25, 0.3) is 0 Å². The van der Waals surface area contributed by atoms with Crippen LogP contribution in [0.25, 0.3) is 0 Å². The number of rotatable bonds is 10. The number of nitrogens with one attached hydrogen (secondary N) is 2. The average Bonchev–Trinajstić information content (AvgIpc) is 2.43. The van der Waals surface area contributed by atoms with Gasteiger partial charge in [0, 0.05) is 39.5 Å². The van der Waals surface area contributed by atoms with Crippen molar-refractivity contribution in [1.82, 2.24) is 19.9 Å². The second kappa shape index (κ2) is 10.3. The van der Waals surface area contributed by atoms with Crippen molar-refractivity contribution in [2.45, 2.75) is 6.42 Å². The maximum atomic E-state index is 11.6. The minimum Gasteiger partial charge on any atom is -0.349 e. The van der Waals surface area contributed by atoms with Crippen LogP contribution in [-0.4, -0.2) is 75.6 Å². The van der Waals surface area contributed by atoms with E-state index in [2.05, 4.69) is 15.3 Å². The van der Waals surface area contributed by atoms with Gasteiger partial charge in [-0.1, -0.05) is 0 Å². The Bertz CT molecular complexity index is 484. The van der Waals surface area contributed by atoms with Crippen molar-refractivity contribution in [3.05, 3.63) is 4.91 Å². The first-order chi connectivity index (χ1) is 10.2. The summed E-state index contributed by atoms with van der Waals surface area (Å²) in [5.74, 6) is -0.564. The molecule has 0 radical (unpaired) electrons. The Balaban J connectivity index is 4.10. The minimum absolute atomic E-state index is 0.0262. The monoisotopic (exact) mass is 357 g/mol. The number of nitroso groups, excluding NO2 is 1. The highest BCUT2D eigenvalue weighted by Crippen LogP contribution is 1.93.